The van der Waals surface area contributed by atoms with Crippen LogP contribution in [0.3, 0.4) is 0 Å². The monoisotopic (exact) mass is 165 g/mol. The van der Waals surface area contributed by atoms with Gasteiger partial charge in [-0.25, -0.2) is 0 Å². The molecular formula is C9H11NO2. The lowest BCUT2D eigenvalue weighted by atomic mass is 10.1. The van der Waals surface area contributed by atoms with Gasteiger partial charge in [0.2, 0.25) is 0 Å². The molecule has 64 valence electrons. The third-order valence-corrected chi connectivity index (χ3v) is 1.59. The van der Waals surface area contributed by atoms with Crippen LogP contribution in [0.4, 0.5) is 0 Å². The van der Waals surface area contributed by atoms with E-state index >= 15 is 0 Å². The van der Waals surface area contributed by atoms with E-state index in [2.05, 4.69) is 5.16 Å². The van der Waals surface area contributed by atoms with Crippen LogP contribution in [0.25, 0.3) is 0 Å². The number of ether oxygens (including phenoxy) is 1. The summed E-state index contributed by atoms with van der Waals surface area (Å²) in [6.07, 6.45) is 1.35. The fourth-order valence-electron chi connectivity index (χ4n) is 0.987. The van der Waals surface area contributed by atoms with Crippen molar-refractivity contribution in [2.24, 2.45) is 5.16 Å². The summed E-state index contributed by atoms with van der Waals surface area (Å²) in [6, 6.07) is 5.66. The van der Waals surface area contributed by atoms with Crippen LogP contribution in [0, 0.1) is 6.92 Å². The molecule has 1 rings (SSSR count). The van der Waals surface area contributed by atoms with Gasteiger partial charge in [0.05, 0.1) is 13.3 Å². The van der Waals surface area contributed by atoms with Gasteiger partial charge in [-0.2, -0.15) is 0 Å². The molecule has 0 aliphatic heterocycles. The molecule has 0 bridgehead atoms. The number of aryl methyl sites for hydroxylation is 1. The standard InChI is InChI=1S/C9H11NO2/c1-7-3-4-8(6-10-11)9(5-7)12-2/h3-6,11H,1-2H3/b10-6+. The summed E-state index contributed by atoms with van der Waals surface area (Å²) in [6.45, 7) is 1.97. The zero-order chi connectivity index (χ0) is 8.97. The number of hydrogen-bond acceptors (Lipinski definition) is 3. The van der Waals surface area contributed by atoms with Crippen LogP contribution in [0.1, 0.15) is 11.1 Å². The summed E-state index contributed by atoms with van der Waals surface area (Å²) >= 11 is 0. The Balaban J connectivity index is 3.10. The van der Waals surface area contributed by atoms with Gasteiger partial charge in [-0.3, -0.25) is 0 Å². The van der Waals surface area contributed by atoms with Gasteiger partial charge in [-0.15, -0.1) is 0 Å². The number of hydrogen-bond donors (Lipinski definition) is 1. The molecule has 3 nitrogen and oxygen atoms in total. The first-order valence-corrected chi connectivity index (χ1v) is 3.60. The molecule has 1 aromatic rings. The van der Waals surface area contributed by atoms with Crippen molar-refractivity contribution >= 4 is 6.21 Å². The third kappa shape index (κ3) is 1.75. The number of nitrogens with zero attached hydrogens (tertiary/aromatic N) is 1. The van der Waals surface area contributed by atoms with Gasteiger partial charge in [-0.05, 0) is 24.6 Å². The maximum Gasteiger partial charge on any atom is 0.128 e. The van der Waals surface area contributed by atoms with Crippen LogP contribution in [0.15, 0.2) is 23.4 Å². The first-order valence-electron chi connectivity index (χ1n) is 3.60. The van der Waals surface area contributed by atoms with Crippen LogP contribution in [0.2, 0.25) is 0 Å². The Hall–Kier alpha value is -1.51. The second-order valence-corrected chi connectivity index (χ2v) is 2.49. The predicted octanol–water partition coefficient (Wildman–Crippen LogP) is 1.81. The molecule has 0 aliphatic carbocycles. The maximum atomic E-state index is 8.32. The summed E-state index contributed by atoms with van der Waals surface area (Å²) in [4.78, 5) is 0. The van der Waals surface area contributed by atoms with Crippen molar-refractivity contribution in [3.63, 3.8) is 0 Å². The highest BCUT2D eigenvalue weighted by Crippen LogP contribution is 2.17. The molecular weight excluding hydrogens is 154 g/mol. The first kappa shape index (κ1) is 8.59. The van der Waals surface area contributed by atoms with Gasteiger partial charge >= 0.3 is 0 Å². The smallest absolute Gasteiger partial charge is 0.128 e. The van der Waals surface area contributed by atoms with E-state index in [0.29, 0.717) is 5.75 Å². The van der Waals surface area contributed by atoms with E-state index in [4.69, 9.17) is 9.94 Å². The van der Waals surface area contributed by atoms with E-state index in [9.17, 15) is 0 Å². The van der Waals surface area contributed by atoms with Crippen molar-refractivity contribution in [2.75, 3.05) is 7.11 Å². The highest BCUT2D eigenvalue weighted by molar-refractivity contribution is 5.83. The topological polar surface area (TPSA) is 41.8 Å². The van der Waals surface area contributed by atoms with Crippen molar-refractivity contribution < 1.29 is 9.94 Å². The molecule has 0 fully saturated rings. The summed E-state index contributed by atoms with van der Waals surface area (Å²) < 4.78 is 5.08. The van der Waals surface area contributed by atoms with Crippen molar-refractivity contribution in [3.8, 4) is 5.75 Å². The van der Waals surface area contributed by atoms with E-state index in [1.165, 1.54) is 6.21 Å². The molecule has 0 saturated carbocycles. The lowest BCUT2D eigenvalue weighted by Gasteiger charge is -2.03. The summed E-state index contributed by atoms with van der Waals surface area (Å²) in [5.41, 5.74) is 1.88. The minimum atomic E-state index is 0.716. The number of methoxy groups -OCH3 is 1. The summed E-state index contributed by atoms with van der Waals surface area (Å²) in [7, 11) is 1.59. The molecule has 0 aliphatic rings. The number of rotatable bonds is 2. The van der Waals surface area contributed by atoms with Gasteiger partial charge < -0.3 is 9.94 Å². The van der Waals surface area contributed by atoms with Crippen molar-refractivity contribution in [1.29, 1.82) is 0 Å². The average molecular weight is 165 g/mol. The molecule has 1 N–H and O–H groups in total. The minimum absolute atomic E-state index is 0.716. The van der Waals surface area contributed by atoms with Crippen molar-refractivity contribution in [3.05, 3.63) is 29.3 Å². The fourth-order valence-corrected chi connectivity index (χ4v) is 0.987. The van der Waals surface area contributed by atoms with E-state index in [0.717, 1.165) is 11.1 Å². The molecule has 3 heteroatoms. The SMILES string of the molecule is COc1cc(C)ccc1/C=N/O. The molecule has 0 radical (unpaired) electrons. The van der Waals surface area contributed by atoms with E-state index < -0.39 is 0 Å². The zero-order valence-corrected chi connectivity index (χ0v) is 7.11. The quantitative estimate of drug-likeness (QED) is 0.412. The highest BCUT2D eigenvalue weighted by Gasteiger charge is 1.99. The first-order chi connectivity index (χ1) is 5.77. The Kier molecular flexibility index (Phi) is 2.69. The largest absolute Gasteiger partial charge is 0.496 e. The van der Waals surface area contributed by atoms with Crippen LogP contribution in [-0.2, 0) is 0 Å². The third-order valence-electron chi connectivity index (χ3n) is 1.59. The second kappa shape index (κ2) is 3.76. The molecule has 12 heavy (non-hydrogen) atoms. The molecule has 0 amide bonds. The van der Waals surface area contributed by atoms with Crippen LogP contribution in [-0.4, -0.2) is 18.5 Å². The predicted molar refractivity (Wildman–Crippen MR) is 47.1 cm³/mol. The second-order valence-electron chi connectivity index (χ2n) is 2.49. The molecule has 0 unspecified atom stereocenters. The van der Waals surface area contributed by atoms with Crippen LogP contribution >= 0.6 is 0 Å². The van der Waals surface area contributed by atoms with E-state index in [1.807, 2.05) is 25.1 Å². The Morgan fingerprint density at radius 3 is 2.83 bits per heavy atom. The lowest BCUT2D eigenvalue weighted by Crippen LogP contribution is -1.91. The number of oxime groups is 1. The minimum Gasteiger partial charge on any atom is -0.496 e. The maximum absolute atomic E-state index is 8.32. The van der Waals surface area contributed by atoms with Gasteiger partial charge in [0, 0.05) is 5.56 Å². The Bertz CT molecular complexity index is 295. The normalized spacial score (nSPS) is 10.5. The average Bonchev–Trinajstić information content (AvgIpc) is 2.08. The van der Waals surface area contributed by atoms with Crippen molar-refractivity contribution in [2.45, 2.75) is 6.92 Å². The highest BCUT2D eigenvalue weighted by atomic mass is 16.5. The van der Waals surface area contributed by atoms with Crippen molar-refractivity contribution in [1.82, 2.24) is 0 Å². The molecule has 0 saturated heterocycles. The van der Waals surface area contributed by atoms with Gasteiger partial charge in [-0.1, -0.05) is 11.2 Å². The number of benzene rings is 1. The van der Waals surface area contributed by atoms with Crippen LogP contribution < -0.4 is 4.74 Å². The molecule has 0 aromatic heterocycles. The molecule has 0 atom stereocenters. The van der Waals surface area contributed by atoms with E-state index in [-0.39, 0.29) is 0 Å². The molecule has 0 spiro atoms. The Labute approximate surface area is 71.3 Å². The molecule has 1 aromatic carbocycles. The Morgan fingerprint density at radius 2 is 2.25 bits per heavy atom. The zero-order valence-electron chi connectivity index (χ0n) is 7.11. The summed E-state index contributed by atoms with van der Waals surface area (Å²) in [5, 5.41) is 11.3. The van der Waals surface area contributed by atoms with Gasteiger partial charge in [0.25, 0.3) is 0 Å². The summed E-state index contributed by atoms with van der Waals surface area (Å²) in [5.74, 6) is 0.716. The van der Waals surface area contributed by atoms with Crippen LogP contribution in [0.5, 0.6) is 5.75 Å². The molecule has 0 heterocycles. The van der Waals surface area contributed by atoms with Gasteiger partial charge in [0.1, 0.15) is 5.75 Å². The van der Waals surface area contributed by atoms with Gasteiger partial charge in [0.15, 0.2) is 0 Å². The van der Waals surface area contributed by atoms with E-state index in [1.54, 1.807) is 7.11 Å². The fraction of sp³-hybridized carbons (Fsp3) is 0.222. The lowest BCUT2D eigenvalue weighted by molar-refractivity contribution is 0.321. The Morgan fingerprint density at radius 1 is 1.50 bits per heavy atom.